The fourth-order valence-electron chi connectivity index (χ4n) is 2.58. The second kappa shape index (κ2) is 4.52. The monoisotopic (exact) mass is 305 g/mol. The number of halogens is 1. The molecular formula is C14H16BrN3. The van der Waals surface area contributed by atoms with E-state index in [1.165, 1.54) is 16.8 Å². The molecule has 1 aliphatic heterocycles. The summed E-state index contributed by atoms with van der Waals surface area (Å²) in [6, 6.07) is 8.68. The van der Waals surface area contributed by atoms with Gasteiger partial charge in [-0.15, -0.1) is 0 Å². The molecular weight excluding hydrogens is 290 g/mol. The summed E-state index contributed by atoms with van der Waals surface area (Å²) in [7, 11) is 2.01. The Morgan fingerprint density at radius 2 is 1.83 bits per heavy atom. The molecule has 0 amide bonds. The highest BCUT2D eigenvalue weighted by molar-refractivity contribution is 9.10. The predicted octanol–water partition coefficient (Wildman–Crippen LogP) is 3.01. The van der Waals surface area contributed by atoms with Crippen LogP contribution in [-0.4, -0.2) is 14.7 Å². The third-order valence-electron chi connectivity index (χ3n) is 3.54. The minimum absolute atomic E-state index is 0.937. The second-order valence-corrected chi connectivity index (χ2v) is 5.68. The fraction of sp³-hybridized carbons (Fsp3) is 0.357. The summed E-state index contributed by atoms with van der Waals surface area (Å²) in [5.41, 5.74) is 5.21. The number of nitrogens with zero attached hydrogens (tertiary/aromatic N) is 3. The maximum absolute atomic E-state index is 4.44. The summed E-state index contributed by atoms with van der Waals surface area (Å²) in [4.78, 5) is 2.45. The third-order valence-corrected chi connectivity index (χ3v) is 4.57. The van der Waals surface area contributed by atoms with Crippen molar-refractivity contribution in [1.82, 2.24) is 14.7 Å². The van der Waals surface area contributed by atoms with Crippen molar-refractivity contribution in [1.29, 1.82) is 0 Å². The van der Waals surface area contributed by atoms with E-state index < -0.39 is 0 Å². The minimum Gasteiger partial charge on any atom is -0.289 e. The van der Waals surface area contributed by atoms with Crippen LogP contribution in [0.5, 0.6) is 0 Å². The molecule has 0 N–H and O–H groups in total. The molecule has 3 nitrogen and oxygen atoms in total. The van der Waals surface area contributed by atoms with Crippen molar-refractivity contribution in [2.75, 3.05) is 0 Å². The molecule has 1 aliphatic rings. The van der Waals surface area contributed by atoms with Gasteiger partial charge in [0.25, 0.3) is 0 Å². The van der Waals surface area contributed by atoms with Gasteiger partial charge in [0, 0.05) is 26.7 Å². The Balaban J connectivity index is 1.80. The molecule has 0 saturated carbocycles. The largest absolute Gasteiger partial charge is 0.289 e. The van der Waals surface area contributed by atoms with Crippen molar-refractivity contribution in [3.05, 3.63) is 51.3 Å². The number of benzene rings is 1. The average Bonchev–Trinajstić information content (AvgIpc) is 2.86. The molecule has 0 spiro atoms. The molecule has 2 aromatic rings. The van der Waals surface area contributed by atoms with Crippen LogP contribution in [0.1, 0.15) is 22.5 Å². The van der Waals surface area contributed by atoms with Gasteiger partial charge in [-0.2, -0.15) is 5.10 Å². The first-order valence-corrected chi connectivity index (χ1v) is 6.91. The number of aromatic nitrogens is 2. The van der Waals surface area contributed by atoms with Crippen LogP contribution in [0, 0.1) is 6.92 Å². The van der Waals surface area contributed by atoms with Crippen LogP contribution in [0.4, 0.5) is 0 Å². The van der Waals surface area contributed by atoms with Gasteiger partial charge in [-0.25, -0.2) is 0 Å². The fourth-order valence-corrected chi connectivity index (χ4v) is 3.04. The molecule has 94 valence electrons. The zero-order valence-corrected chi connectivity index (χ0v) is 12.2. The van der Waals surface area contributed by atoms with Crippen molar-refractivity contribution >= 4 is 15.9 Å². The lowest BCUT2D eigenvalue weighted by atomic mass is 10.1. The van der Waals surface area contributed by atoms with Crippen LogP contribution < -0.4 is 0 Å². The predicted molar refractivity (Wildman–Crippen MR) is 75.0 cm³/mol. The van der Waals surface area contributed by atoms with E-state index in [4.69, 9.17) is 0 Å². The van der Waals surface area contributed by atoms with Crippen LogP contribution in [0.3, 0.4) is 0 Å². The third kappa shape index (κ3) is 1.99. The zero-order chi connectivity index (χ0) is 12.7. The highest BCUT2D eigenvalue weighted by Crippen LogP contribution is 2.27. The maximum Gasteiger partial charge on any atom is 0.0739 e. The Bertz CT molecular complexity index is 564. The Morgan fingerprint density at radius 3 is 2.33 bits per heavy atom. The smallest absolute Gasteiger partial charge is 0.0739 e. The molecule has 0 fully saturated rings. The van der Waals surface area contributed by atoms with Crippen molar-refractivity contribution in [2.45, 2.75) is 26.6 Å². The quantitative estimate of drug-likeness (QED) is 0.850. The summed E-state index contributed by atoms with van der Waals surface area (Å²) in [5.74, 6) is 0. The Morgan fingerprint density at radius 1 is 1.22 bits per heavy atom. The van der Waals surface area contributed by atoms with E-state index >= 15 is 0 Å². The van der Waals surface area contributed by atoms with Crippen LogP contribution in [0.2, 0.25) is 0 Å². The number of fused-ring (bicyclic) bond motifs is 1. The highest BCUT2D eigenvalue weighted by Gasteiger charge is 2.21. The minimum atomic E-state index is 0.937. The Labute approximate surface area is 116 Å². The van der Waals surface area contributed by atoms with Crippen molar-refractivity contribution < 1.29 is 0 Å². The molecule has 3 rings (SSSR count). The topological polar surface area (TPSA) is 21.1 Å². The lowest BCUT2D eigenvalue weighted by molar-refractivity contribution is 0.267. The molecule has 0 radical (unpaired) electrons. The lowest BCUT2D eigenvalue weighted by Crippen LogP contribution is -2.18. The van der Waals surface area contributed by atoms with Gasteiger partial charge < -0.3 is 0 Å². The van der Waals surface area contributed by atoms with Gasteiger partial charge in [-0.3, -0.25) is 9.58 Å². The number of rotatable bonds is 2. The van der Waals surface area contributed by atoms with Crippen LogP contribution in [-0.2, 0) is 26.7 Å². The number of hydrogen-bond donors (Lipinski definition) is 0. The normalized spacial score (nSPS) is 15.1. The summed E-state index contributed by atoms with van der Waals surface area (Å²) in [5, 5.41) is 4.44. The Kier molecular flexibility index (Phi) is 2.99. The second-order valence-electron chi connectivity index (χ2n) is 4.88. The summed E-state index contributed by atoms with van der Waals surface area (Å²) in [6.45, 7) is 5.04. The molecule has 0 aliphatic carbocycles. The van der Waals surface area contributed by atoms with Gasteiger partial charge in [0.05, 0.1) is 15.9 Å². The SMILES string of the molecule is Cc1nn(C)c(CN2Cc3ccccc3C2)c1Br. The van der Waals surface area contributed by atoms with Gasteiger partial charge in [-0.1, -0.05) is 24.3 Å². The van der Waals surface area contributed by atoms with E-state index in [2.05, 4.69) is 50.2 Å². The Hall–Kier alpha value is -1.13. The van der Waals surface area contributed by atoms with Gasteiger partial charge >= 0.3 is 0 Å². The van der Waals surface area contributed by atoms with Gasteiger partial charge in [0.2, 0.25) is 0 Å². The molecule has 1 aromatic heterocycles. The molecule has 0 atom stereocenters. The zero-order valence-electron chi connectivity index (χ0n) is 10.7. The summed E-state index contributed by atoms with van der Waals surface area (Å²) < 4.78 is 3.11. The van der Waals surface area contributed by atoms with Gasteiger partial charge in [-0.05, 0) is 34.0 Å². The number of aryl methyl sites for hydroxylation is 2. The molecule has 4 heteroatoms. The van der Waals surface area contributed by atoms with E-state index in [0.29, 0.717) is 0 Å². The van der Waals surface area contributed by atoms with Crippen molar-refractivity contribution in [3.63, 3.8) is 0 Å². The molecule has 2 heterocycles. The highest BCUT2D eigenvalue weighted by atomic mass is 79.9. The molecule has 0 saturated heterocycles. The van der Waals surface area contributed by atoms with Crippen LogP contribution in [0.15, 0.2) is 28.7 Å². The molecule has 18 heavy (non-hydrogen) atoms. The van der Waals surface area contributed by atoms with Gasteiger partial charge in [0.15, 0.2) is 0 Å². The van der Waals surface area contributed by atoms with E-state index in [-0.39, 0.29) is 0 Å². The van der Waals surface area contributed by atoms with E-state index in [1.54, 1.807) is 0 Å². The standard InChI is InChI=1S/C14H16BrN3/c1-10-14(15)13(17(2)16-10)9-18-7-11-5-3-4-6-12(11)8-18/h3-6H,7-9H2,1-2H3. The lowest BCUT2D eigenvalue weighted by Gasteiger charge is -2.15. The van der Waals surface area contributed by atoms with E-state index in [1.807, 2.05) is 18.7 Å². The average molecular weight is 306 g/mol. The van der Waals surface area contributed by atoms with Crippen LogP contribution in [0.25, 0.3) is 0 Å². The first-order chi connectivity index (χ1) is 8.65. The maximum atomic E-state index is 4.44. The van der Waals surface area contributed by atoms with Crippen molar-refractivity contribution in [2.24, 2.45) is 7.05 Å². The molecule has 0 unspecified atom stereocenters. The molecule has 0 bridgehead atoms. The first-order valence-electron chi connectivity index (χ1n) is 6.12. The number of hydrogen-bond acceptors (Lipinski definition) is 2. The van der Waals surface area contributed by atoms with Crippen LogP contribution >= 0.6 is 15.9 Å². The first kappa shape index (κ1) is 11.9. The summed E-state index contributed by atoms with van der Waals surface area (Å²) in [6.07, 6.45) is 0. The molecule has 1 aromatic carbocycles. The van der Waals surface area contributed by atoms with Gasteiger partial charge in [0.1, 0.15) is 0 Å². The van der Waals surface area contributed by atoms with Crippen molar-refractivity contribution in [3.8, 4) is 0 Å². The summed E-state index contributed by atoms with van der Waals surface area (Å²) >= 11 is 3.63. The van der Waals surface area contributed by atoms with E-state index in [9.17, 15) is 0 Å². The van der Waals surface area contributed by atoms with E-state index in [0.717, 1.165) is 29.8 Å².